The van der Waals surface area contributed by atoms with Gasteiger partial charge >= 0.3 is 0 Å². The van der Waals surface area contributed by atoms with E-state index in [2.05, 4.69) is 15.0 Å². The number of pyridine rings is 3. The average molecular weight is 370 g/mol. The molecule has 5 rings (SSSR count). The van der Waals surface area contributed by atoms with Gasteiger partial charge in [0.15, 0.2) is 0 Å². The highest BCUT2D eigenvalue weighted by molar-refractivity contribution is 5.95. The molecule has 1 amide bonds. The summed E-state index contributed by atoms with van der Waals surface area (Å²) in [7, 11) is 0. The molecule has 28 heavy (non-hydrogen) atoms. The van der Waals surface area contributed by atoms with E-state index in [-0.39, 0.29) is 5.91 Å². The largest absolute Gasteiger partial charge is 0.383 e. The molecular formula is C21H18N6O. The third-order valence-corrected chi connectivity index (χ3v) is 5.05. The molecule has 4 aromatic rings. The lowest BCUT2D eigenvalue weighted by Crippen LogP contribution is -2.23. The van der Waals surface area contributed by atoms with Crippen LogP contribution in [-0.4, -0.2) is 31.8 Å². The van der Waals surface area contributed by atoms with E-state index in [4.69, 9.17) is 5.73 Å². The van der Waals surface area contributed by atoms with Gasteiger partial charge in [0, 0.05) is 42.7 Å². The van der Waals surface area contributed by atoms with E-state index in [1.54, 1.807) is 23.5 Å². The highest BCUT2D eigenvalue weighted by Crippen LogP contribution is 2.30. The molecular weight excluding hydrogens is 352 g/mol. The Hall–Kier alpha value is -3.74. The number of hydrogen-bond donors (Lipinski definition) is 1. The van der Waals surface area contributed by atoms with Gasteiger partial charge in [-0.25, -0.2) is 9.97 Å². The Kier molecular flexibility index (Phi) is 3.79. The van der Waals surface area contributed by atoms with Gasteiger partial charge < -0.3 is 10.6 Å². The topological polar surface area (TPSA) is 89.4 Å². The van der Waals surface area contributed by atoms with Crippen LogP contribution in [0, 0.1) is 0 Å². The van der Waals surface area contributed by atoms with Gasteiger partial charge in [0.1, 0.15) is 11.5 Å². The van der Waals surface area contributed by atoms with Gasteiger partial charge in [0.05, 0.1) is 23.3 Å². The maximum atomic E-state index is 11.9. The fourth-order valence-electron chi connectivity index (χ4n) is 3.63. The summed E-state index contributed by atoms with van der Waals surface area (Å²) < 4.78 is 2.01. The van der Waals surface area contributed by atoms with Gasteiger partial charge in [0.25, 0.3) is 0 Å². The summed E-state index contributed by atoms with van der Waals surface area (Å²) in [6.07, 6.45) is 8.65. The molecule has 1 aliphatic heterocycles. The van der Waals surface area contributed by atoms with Crippen LogP contribution >= 0.6 is 0 Å². The molecule has 0 aromatic carbocycles. The Morgan fingerprint density at radius 3 is 2.75 bits per heavy atom. The minimum Gasteiger partial charge on any atom is -0.383 e. The van der Waals surface area contributed by atoms with Gasteiger partial charge in [0.2, 0.25) is 5.91 Å². The Labute approximate surface area is 161 Å². The van der Waals surface area contributed by atoms with Crippen LogP contribution in [0.1, 0.15) is 12.8 Å². The molecule has 0 atom stereocenters. The van der Waals surface area contributed by atoms with Crippen molar-refractivity contribution in [1.29, 1.82) is 0 Å². The zero-order valence-corrected chi connectivity index (χ0v) is 15.1. The third-order valence-electron chi connectivity index (χ3n) is 5.05. The van der Waals surface area contributed by atoms with Gasteiger partial charge in [-0.15, -0.1) is 0 Å². The summed E-state index contributed by atoms with van der Waals surface area (Å²) in [5.41, 5.74) is 11.2. The highest BCUT2D eigenvalue weighted by atomic mass is 16.2. The number of carbonyl (C=O) groups is 1. The summed E-state index contributed by atoms with van der Waals surface area (Å²) in [6, 6.07) is 11.7. The molecule has 0 unspecified atom stereocenters. The summed E-state index contributed by atoms with van der Waals surface area (Å²) in [5, 5.41) is 0. The second kappa shape index (κ2) is 6.45. The maximum absolute atomic E-state index is 11.9. The highest BCUT2D eigenvalue weighted by Gasteiger charge is 2.22. The van der Waals surface area contributed by atoms with Crippen LogP contribution in [-0.2, 0) is 4.79 Å². The lowest BCUT2D eigenvalue weighted by molar-refractivity contribution is -0.117. The van der Waals surface area contributed by atoms with Gasteiger partial charge in [-0.05, 0) is 36.8 Å². The number of hydrogen-bond acceptors (Lipinski definition) is 5. The van der Waals surface area contributed by atoms with Gasteiger partial charge in [-0.2, -0.15) is 0 Å². The van der Waals surface area contributed by atoms with E-state index in [1.165, 1.54) is 0 Å². The number of rotatable bonds is 3. The number of nitrogens with two attached hydrogens (primary N) is 1. The predicted octanol–water partition coefficient (Wildman–Crippen LogP) is 3.17. The van der Waals surface area contributed by atoms with Crippen molar-refractivity contribution in [3.63, 3.8) is 0 Å². The molecule has 7 heteroatoms. The quantitative estimate of drug-likeness (QED) is 0.598. The molecule has 0 radical (unpaired) electrons. The van der Waals surface area contributed by atoms with Crippen molar-refractivity contribution in [2.45, 2.75) is 12.8 Å². The molecule has 138 valence electrons. The Bertz CT molecular complexity index is 1180. The van der Waals surface area contributed by atoms with Gasteiger partial charge in [-0.1, -0.05) is 6.07 Å². The average Bonchev–Trinajstić information content (AvgIpc) is 3.37. The van der Waals surface area contributed by atoms with Crippen molar-refractivity contribution in [1.82, 2.24) is 19.4 Å². The third kappa shape index (κ3) is 2.68. The first-order valence-electron chi connectivity index (χ1n) is 9.15. The number of aromatic nitrogens is 4. The fraction of sp³-hybridized carbons (Fsp3) is 0.143. The van der Waals surface area contributed by atoms with Crippen molar-refractivity contribution in [3.8, 4) is 22.5 Å². The molecule has 7 nitrogen and oxygen atoms in total. The Morgan fingerprint density at radius 1 is 1.04 bits per heavy atom. The molecule has 1 aliphatic rings. The van der Waals surface area contributed by atoms with Gasteiger partial charge in [-0.3, -0.25) is 14.2 Å². The normalized spacial score (nSPS) is 14.1. The summed E-state index contributed by atoms with van der Waals surface area (Å²) >= 11 is 0. The number of amides is 1. The monoisotopic (exact) mass is 370 g/mol. The van der Waals surface area contributed by atoms with E-state index in [9.17, 15) is 4.79 Å². The number of carbonyl (C=O) groups excluding carboxylic acids is 1. The first-order valence-corrected chi connectivity index (χ1v) is 9.15. The first-order chi connectivity index (χ1) is 13.7. The zero-order valence-electron chi connectivity index (χ0n) is 15.1. The molecule has 1 saturated heterocycles. The molecule has 1 fully saturated rings. The van der Waals surface area contributed by atoms with Crippen LogP contribution in [0.25, 0.3) is 28.2 Å². The van der Waals surface area contributed by atoms with Crippen LogP contribution < -0.4 is 10.6 Å². The van der Waals surface area contributed by atoms with Crippen molar-refractivity contribution in [3.05, 3.63) is 61.2 Å². The van der Waals surface area contributed by atoms with E-state index in [0.717, 1.165) is 46.8 Å². The Morgan fingerprint density at radius 2 is 1.96 bits per heavy atom. The Balaban J connectivity index is 1.55. The van der Waals surface area contributed by atoms with Crippen molar-refractivity contribution >= 4 is 23.1 Å². The van der Waals surface area contributed by atoms with Crippen molar-refractivity contribution in [2.24, 2.45) is 0 Å². The number of nitrogen functional groups attached to an aromatic ring is 1. The fourth-order valence-corrected chi connectivity index (χ4v) is 3.63. The molecule has 0 aliphatic carbocycles. The second-order valence-electron chi connectivity index (χ2n) is 6.77. The summed E-state index contributed by atoms with van der Waals surface area (Å²) in [4.78, 5) is 27.0. The minimum absolute atomic E-state index is 0.145. The van der Waals surface area contributed by atoms with Crippen molar-refractivity contribution in [2.75, 3.05) is 17.2 Å². The number of nitrogens with zero attached hydrogens (tertiary/aromatic N) is 5. The van der Waals surface area contributed by atoms with Crippen LogP contribution in [0.4, 0.5) is 11.5 Å². The van der Waals surface area contributed by atoms with Crippen molar-refractivity contribution < 1.29 is 4.79 Å². The van der Waals surface area contributed by atoms with Crippen LogP contribution in [0.3, 0.4) is 0 Å². The SMILES string of the molecule is Nc1ncc(-c2cccc3nccn23)cc1-c1ccc(N2CCCC2=O)cn1. The first kappa shape index (κ1) is 16.4. The number of anilines is 2. The molecule has 0 bridgehead atoms. The molecule has 4 aromatic heterocycles. The van der Waals surface area contributed by atoms with E-state index in [0.29, 0.717) is 12.2 Å². The summed E-state index contributed by atoms with van der Waals surface area (Å²) in [5.74, 6) is 0.560. The lowest BCUT2D eigenvalue weighted by atomic mass is 10.1. The molecule has 0 spiro atoms. The smallest absolute Gasteiger partial charge is 0.227 e. The van der Waals surface area contributed by atoms with E-state index < -0.39 is 0 Å². The molecule has 5 heterocycles. The maximum Gasteiger partial charge on any atom is 0.227 e. The summed E-state index contributed by atoms with van der Waals surface area (Å²) in [6.45, 7) is 0.744. The van der Waals surface area contributed by atoms with E-state index in [1.807, 2.05) is 47.0 Å². The number of imidazole rings is 1. The lowest BCUT2D eigenvalue weighted by Gasteiger charge is -2.15. The van der Waals surface area contributed by atoms with E-state index >= 15 is 0 Å². The molecule has 0 saturated carbocycles. The predicted molar refractivity (Wildman–Crippen MR) is 108 cm³/mol. The second-order valence-corrected chi connectivity index (χ2v) is 6.77. The van der Waals surface area contributed by atoms with Crippen LogP contribution in [0.2, 0.25) is 0 Å². The van der Waals surface area contributed by atoms with Crippen LogP contribution in [0.15, 0.2) is 61.2 Å². The molecule has 2 N–H and O–H groups in total. The minimum atomic E-state index is 0.145. The zero-order chi connectivity index (χ0) is 19.1. The van der Waals surface area contributed by atoms with Crippen LogP contribution in [0.5, 0.6) is 0 Å². The standard InChI is InChI=1S/C21H18N6O/c22-21-16(17-7-6-15(13-24-17)26-9-2-5-20(26)28)11-14(12-25-21)18-3-1-4-19-23-8-10-27(18)19/h1,3-4,6-8,10-13H,2,5,9H2,(H2,22,25). The number of fused-ring (bicyclic) bond motifs is 1.